The second-order valence-corrected chi connectivity index (χ2v) is 6.03. The number of carbonyl (C=O) groups is 2. The number of hydrogen-bond acceptors (Lipinski definition) is 4. The van der Waals surface area contributed by atoms with E-state index in [1.54, 1.807) is 0 Å². The predicted octanol–water partition coefficient (Wildman–Crippen LogP) is 0.406. The number of aromatic nitrogens is 3. The molecular formula is C12H16N4O3. The maximum atomic E-state index is 12.1. The number of carboxylic acid groups (broad SMARTS) is 1. The molecule has 0 bridgehead atoms. The number of carbonyl (C=O) groups excluding carboxylic acids is 1. The normalized spacial score (nSPS) is 24.9. The molecular weight excluding hydrogens is 248 g/mol. The zero-order valence-corrected chi connectivity index (χ0v) is 10.9. The number of rotatable bonds is 3. The fourth-order valence-corrected chi connectivity index (χ4v) is 2.46. The Balaban J connectivity index is 1.57. The topological polar surface area (TPSA) is 88.3 Å². The van der Waals surface area contributed by atoms with Crippen LogP contribution in [0.1, 0.15) is 36.8 Å². The highest BCUT2D eigenvalue weighted by Gasteiger charge is 2.53. The van der Waals surface area contributed by atoms with Gasteiger partial charge in [-0.25, -0.2) is 9.48 Å². The largest absolute Gasteiger partial charge is 0.476 e. The Morgan fingerprint density at radius 3 is 2.53 bits per heavy atom. The van der Waals surface area contributed by atoms with E-state index in [0.29, 0.717) is 13.1 Å². The van der Waals surface area contributed by atoms with Gasteiger partial charge in [-0.15, -0.1) is 5.10 Å². The zero-order chi connectivity index (χ0) is 13.8. The van der Waals surface area contributed by atoms with Crippen LogP contribution < -0.4 is 0 Å². The molecule has 1 unspecified atom stereocenters. The van der Waals surface area contributed by atoms with Crippen molar-refractivity contribution in [1.82, 2.24) is 19.9 Å². The first-order chi connectivity index (χ1) is 8.88. The summed E-state index contributed by atoms with van der Waals surface area (Å²) in [4.78, 5) is 24.6. The minimum Gasteiger partial charge on any atom is -0.476 e. The van der Waals surface area contributed by atoms with Crippen molar-refractivity contribution in [2.75, 3.05) is 13.1 Å². The van der Waals surface area contributed by atoms with E-state index in [-0.39, 0.29) is 29.0 Å². The van der Waals surface area contributed by atoms with Gasteiger partial charge in [-0.05, 0) is 11.8 Å². The van der Waals surface area contributed by atoms with Crippen molar-refractivity contribution in [1.29, 1.82) is 0 Å². The number of aromatic carboxylic acids is 1. The molecule has 1 aliphatic carbocycles. The summed E-state index contributed by atoms with van der Waals surface area (Å²) >= 11 is 0. The number of likely N-dealkylation sites (tertiary alicyclic amines) is 1. The molecule has 1 saturated heterocycles. The summed E-state index contributed by atoms with van der Waals surface area (Å²) in [6.45, 7) is 5.38. The monoisotopic (exact) mass is 264 g/mol. The van der Waals surface area contributed by atoms with Gasteiger partial charge in [-0.2, -0.15) is 0 Å². The Morgan fingerprint density at radius 2 is 2.05 bits per heavy atom. The molecule has 0 aromatic carbocycles. The Hall–Kier alpha value is -1.92. The molecule has 1 aliphatic heterocycles. The molecule has 1 aromatic rings. The van der Waals surface area contributed by atoms with E-state index in [9.17, 15) is 9.59 Å². The van der Waals surface area contributed by atoms with Crippen LogP contribution in [-0.4, -0.2) is 50.0 Å². The van der Waals surface area contributed by atoms with Crippen LogP contribution in [0.15, 0.2) is 6.20 Å². The Morgan fingerprint density at radius 1 is 1.42 bits per heavy atom. The first-order valence-electron chi connectivity index (χ1n) is 6.32. The third-order valence-corrected chi connectivity index (χ3v) is 4.09. The molecule has 2 heterocycles. The van der Waals surface area contributed by atoms with E-state index in [2.05, 4.69) is 24.2 Å². The van der Waals surface area contributed by atoms with E-state index in [4.69, 9.17) is 5.11 Å². The van der Waals surface area contributed by atoms with Gasteiger partial charge in [0.1, 0.15) is 0 Å². The minimum absolute atomic E-state index is 0.0476. The Labute approximate surface area is 110 Å². The molecule has 1 atom stereocenters. The van der Waals surface area contributed by atoms with Crippen LogP contribution in [0.4, 0.5) is 0 Å². The van der Waals surface area contributed by atoms with E-state index < -0.39 is 5.97 Å². The van der Waals surface area contributed by atoms with Gasteiger partial charge in [0.05, 0.1) is 12.2 Å². The summed E-state index contributed by atoms with van der Waals surface area (Å²) in [5, 5.41) is 16.1. The maximum absolute atomic E-state index is 12.1. The van der Waals surface area contributed by atoms with Crippen molar-refractivity contribution < 1.29 is 14.7 Å². The number of amides is 1. The highest BCUT2D eigenvalue weighted by atomic mass is 16.4. The van der Waals surface area contributed by atoms with Crippen LogP contribution in [0, 0.1) is 11.3 Å². The smallest absolute Gasteiger partial charge is 0.358 e. The fourth-order valence-electron chi connectivity index (χ4n) is 2.46. The Kier molecular flexibility index (Phi) is 2.42. The lowest BCUT2D eigenvalue weighted by atomic mass is 10.1. The summed E-state index contributed by atoms with van der Waals surface area (Å²) in [5.74, 6) is -0.725. The van der Waals surface area contributed by atoms with Crippen LogP contribution in [0.3, 0.4) is 0 Å². The van der Waals surface area contributed by atoms with Gasteiger partial charge in [0.15, 0.2) is 5.69 Å². The molecule has 102 valence electrons. The predicted molar refractivity (Wildman–Crippen MR) is 64.5 cm³/mol. The van der Waals surface area contributed by atoms with Gasteiger partial charge < -0.3 is 10.0 Å². The lowest BCUT2D eigenvalue weighted by Crippen LogP contribution is -2.51. The average Bonchev–Trinajstić information content (AvgIpc) is 2.73. The van der Waals surface area contributed by atoms with Crippen LogP contribution in [0.5, 0.6) is 0 Å². The van der Waals surface area contributed by atoms with Crippen LogP contribution in [0.2, 0.25) is 0 Å². The standard InChI is InChI=1S/C12H16N4O3/c1-12(2)3-8(12)10(17)15-4-7(5-15)16-6-9(11(18)19)13-14-16/h6-8H,3-5H2,1-2H3,(H,18,19). The molecule has 0 radical (unpaired) electrons. The molecule has 19 heavy (non-hydrogen) atoms. The summed E-state index contributed by atoms with van der Waals surface area (Å²) < 4.78 is 1.53. The first kappa shape index (κ1) is 12.1. The third kappa shape index (κ3) is 1.98. The van der Waals surface area contributed by atoms with Gasteiger partial charge >= 0.3 is 5.97 Å². The third-order valence-electron chi connectivity index (χ3n) is 4.09. The molecule has 7 nitrogen and oxygen atoms in total. The van der Waals surface area contributed by atoms with Gasteiger partial charge in [0.25, 0.3) is 0 Å². The number of carboxylic acids is 1. The van der Waals surface area contributed by atoms with Gasteiger partial charge in [0, 0.05) is 19.0 Å². The SMILES string of the molecule is CC1(C)CC1C(=O)N1CC(n2cc(C(=O)O)nn2)C1. The van der Waals surface area contributed by atoms with Crippen LogP contribution >= 0.6 is 0 Å². The van der Waals surface area contributed by atoms with Gasteiger partial charge in [-0.3, -0.25) is 4.79 Å². The van der Waals surface area contributed by atoms with Crippen LogP contribution in [0.25, 0.3) is 0 Å². The van der Waals surface area contributed by atoms with Gasteiger partial charge in [-0.1, -0.05) is 19.1 Å². The molecule has 1 N–H and O–H groups in total. The molecule has 1 aromatic heterocycles. The summed E-state index contributed by atoms with van der Waals surface area (Å²) in [7, 11) is 0. The number of nitrogens with zero attached hydrogens (tertiary/aromatic N) is 4. The first-order valence-corrected chi connectivity index (χ1v) is 6.32. The summed E-state index contributed by atoms with van der Waals surface area (Å²) in [5.41, 5.74) is 0.0828. The summed E-state index contributed by atoms with van der Waals surface area (Å²) in [6, 6.07) is 0.0476. The lowest BCUT2D eigenvalue weighted by Gasteiger charge is -2.39. The number of hydrogen-bond donors (Lipinski definition) is 1. The molecule has 1 saturated carbocycles. The highest BCUT2D eigenvalue weighted by Crippen LogP contribution is 2.53. The fraction of sp³-hybridized carbons (Fsp3) is 0.667. The van der Waals surface area contributed by atoms with Gasteiger partial charge in [0.2, 0.25) is 5.91 Å². The quantitative estimate of drug-likeness (QED) is 0.854. The lowest BCUT2D eigenvalue weighted by molar-refractivity contribution is -0.139. The average molecular weight is 264 g/mol. The van der Waals surface area contributed by atoms with Crippen LogP contribution in [-0.2, 0) is 4.79 Å². The van der Waals surface area contributed by atoms with E-state index in [1.165, 1.54) is 10.9 Å². The second-order valence-electron chi connectivity index (χ2n) is 6.03. The molecule has 2 fully saturated rings. The molecule has 1 amide bonds. The highest BCUT2D eigenvalue weighted by molar-refractivity contribution is 5.85. The van der Waals surface area contributed by atoms with Crippen molar-refractivity contribution in [2.45, 2.75) is 26.3 Å². The molecule has 3 rings (SSSR count). The molecule has 2 aliphatic rings. The maximum Gasteiger partial charge on any atom is 0.358 e. The summed E-state index contributed by atoms with van der Waals surface area (Å²) in [6.07, 6.45) is 2.37. The Bertz CT molecular complexity index is 545. The second kappa shape index (κ2) is 3.79. The van der Waals surface area contributed by atoms with Crippen molar-refractivity contribution in [3.8, 4) is 0 Å². The van der Waals surface area contributed by atoms with E-state index >= 15 is 0 Å². The van der Waals surface area contributed by atoms with Crippen molar-refractivity contribution in [2.24, 2.45) is 11.3 Å². The van der Waals surface area contributed by atoms with E-state index in [1.807, 2.05) is 4.90 Å². The molecule has 7 heteroatoms. The van der Waals surface area contributed by atoms with Crippen molar-refractivity contribution in [3.63, 3.8) is 0 Å². The van der Waals surface area contributed by atoms with E-state index in [0.717, 1.165) is 6.42 Å². The zero-order valence-electron chi connectivity index (χ0n) is 10.9. The minimum atomic E-state index is -1.08. The van der Waals surface area contributed by atoms with Crippen molar-refractivity contribution in [3.05, 3.63) is 11.9 Å². The van der Waals surface area contributed by atoms with Crippen molar-refractivity contribution >= 4 is 11.9 Å². The molecule has 0 spiro atoms.